The fraction of sp³-hybridized carbons (Fsp3) is 0.208. The van der Waals surface area contributed by atoms with E-state index in [1.165, 1.54) is 11.3 Å². The fourth-order valence-electron chi connectivity index (χ4n) is 4.10. The van der Waals surface area contributed by atoms with E-state index in [-0.39, 0.29) is 11.9 Å². The van der Waals surface area contributed by atoms with Gasteiger partial charge in [-0.05, 0) is 43.0 Å². The Kier molecular flexibility index (Phi) is 5.30. The molecule has 0 bridgehead atoms. The van der Waals surface area contributed by atoms with Gasteiger partial charge in [0, 0.05) is 22.5 Å². The third-order valence-corrected chi connectivity index (χ3v) is 5.90. The molecular formula is C24H22ClN5O. The van der Waals surface area contributed by atoms with E-state index in [1.54, 1.807) is 23.1 Å². The summed E-state index contributed by atoms with van der Waals surface area (Å²) in [6, 6.07) is 17.6. The molecule has 1 aliphatic rings. The molecule has 2 aromatic carbocycles. The van der Waals surface area contributed by atoms with Crippen molar-refractivity contribution < 1.29 is 4.79 Å². The molecule has 1 amide bonds. The number of aromatic nitrogens is 4. The van der Waals surface area contributed by atoms with Gasteiger partial charge in [-0.1, -0.05) is 48.0 Å². The van der Waals surface area contributed by atoms with E-state index in [4.69, 9.17) is 11.6 Å². The van der Waals surface area contributed by atoms with Crippen LogP contribution in [-0.2, 0) is 13.0 Å². The molecule has 156 valence electrons. The Labute approximate surface area is 185 Å². The van der Waals surface area contributed by atoms with E-state index in [0.717, 1.165) is 37.1 Å². The lowest BCUT2D eigenvalue weighted by Gasteiger charge is -2.24. The smallest absolute Gasteiger partial charge is 0.254 e. The molecule has 31 heavy (non-hydrogen) atoms. The van der Waals surface area contributed by atoms with Crippen molar-refractivity contribution in [1.29, 1.82) is 0 Å². The van der Waals surface area contributed by atoms with Crippen LogP contribution in [0.4, 0.5) is 0 Å². The van der Waals surface area contributed by atoms with Crippen LogP contribution in [0, 0.1) is 0 Å². The van der Waals surface area contributed by atoms with Gasteiger partial charge >= 0.3 is 0 Å². The summed E-state index contributed by atoms with van der Waals surface area (Å²) in [6.45, 7) is 0.739. The summed E-state index contributed by atoms with van der Waals surface area (Å²) in [5.74, 6) is -0.137. The zero-order valence-electron chi connectivity index (χ0n) is 16.9. The Morgan fingerprint density at radius 3 is 2.81 bits per heavy atom. The number of nitrogens with one attached hydrogen (secondary N) is 1. The summed E-state index contributed by atoms with van der Waals surface area (Å²) in [4.78, 5) is 12.9. The molecule has 1 unspecified atom stereocenters. The van der Waals surface area contributed by atoms with Crippen molar-refractivity contribution in [2.45, 2.75) is 31.8 Å². The van der Waals surface area contributed by atoms with Gasteiger partial charge in [-0.2, -0.15) is 10.2 Å². The van der Waals surface area contributed by atoms with Crippen molar-refractivity contribution >= 4 is 17.5 Å². The molecule has 0 saturated heterocycles. The third-order valence-electron chi connectivity index (χ3n) is 5.66. The minimum Gasteiger partial charge on any atom is -0.345 e. The highest BCUT2D eigenvalue weighted by atomic mass is 35.5. The van der Waals surface area contributed by atoms with Gasteiger partial charge in [-0.15, -0.1) is 0 Å². The van der Waals surface area contributed by atoms with Crippen LogP contribution in [0.2, 0.25) is 5.02 Å². The molecule has 7 heteroatoms. The van der Waals surface area contributed by atoms with E-state index < -0.39 is 0 Å². The first kappa shape index (κ1) is 19.6. The number of fused-ring (bicyclic) bond motifs is 1. The SMILES string of the molecule is O=C(NC1CCCc2c1cnn2Cc1ccccc1)c1cnn(-c2cccc(Cl)c2)c1. The maximum absolute atomic E-state index is 12.9. The van der Waals surface area contributed by atoms with Gasteiger partial charge in [0.15, 0.2) is 0 Å². The first-order valence-corrected chi connectivity index (χ1v) is 10.7. The predicted octanol–water partition coefficient (Wildman–Crippen LogP) is 4.58. The quantitative estimate of drug-likeness (QED) is 0.503. The Hall–Kier alpha value is -3.38. The lowest BCUT2D eigenvalue weighted by Crippen LogP contribution is -2.30. The zero-order valence-corrected chi connectivity index (χ0v) is 17.7. The lowest BCUT2D eigenvalue weighted by molar-refractivity contribution is 0.0932. The molecule has 1 N–H and O–H groups in total. The molecule has 2 aromatic heterocycles. The summed E-state index contributed by atoms with van der Waals surface area (Å²) in [7, 11) is 0. The van der Waals surface area contributed by atoms with Gasteiger partial charge in [0.05, 0.1) is 36.2 Å². The number of carbonyl (C=O) groups is 1. The van der Waals surface area contributed by atoms with Crippen LogP contribution in [0.15, 0.2) is 73.2 Å². The highest BCUT2D eigenvalue weighted by molar-refractivity contribution is 6.30. The Bertz CT molecular complexity index is 1210. The second-order valence-electron chi connectivity index (χ2n) is 7.76. The zero-order chi connectivity index (χ0) is 21.2. The van der Waals surface area contributed by atoms with Crippen LogP contribution in [0.3, 0.4) is 0 Å². The normalized spacial score (nSPS) is 15.5. The Morgan fingerprint density at radius 1 is 1.10 bits per heavy atom. The van der Waals surface area contributed by atoms with Crippen LogP contribution in [0.1, 0.15) is 46.1 Å². The summed E-state index contributed by atoms with van der Waals surface area (Å²) < 4.78 is 3.71. The molecule has 5 rings (SSSR count). The Balaban J connectivity index is 1.32. The minimum absolute atomic E-state index is 0.0460. The number of benzene rings is 2. The van der Waals surface area contributed by atoms with E-state index in [9.17, 15) is 4.79 Å². The maximum atomic E-state index is 12.9. The molecule has 6 nitrogen and oxygen atoms in total. The topological polar surface area (TPSA) is 64.7 Å². The minimum atomic E-state index is -0.137. The number of amides is 1. The highest BCUT2D eigenvalue weighted by Gasteiger charge is 2.26. The van der Waals surface area contributed by atoms with Crippen molar-refractivity contribution in [3.63, 3.8) is 0 Å². The van der Waals surface area contributed by atoms with Gasteiger partial charge < -0.3 is 5.32 Å². The summed E-state index contributed by atoms with van der Waals surface area (Å²) in [5, 5.41) is 12.7. The molecule has 0 aliphatic heterocycles. The second-order valence-corrected chi connectivity index (χ2v) is 8.20. The number of hydrogen-bond donors (Lipinski definition) is 1. The highest BCUT2D eigenvalue weighted by Crippen LogP contribution is 2.30. The predicted molar refractivity (Wildman–Crippen MR) is 119 cm³/mol. The number of hydrogen-bond acceptors (Lipinski definition) is 3. The van der Waals surface area contributed by atoms with E-state index in [2.05, 4.69) is 32.3 Å². The monoisotopic (exact) mass is 431 g/mol. The summed E-state index contributed by atoms with van der Waals surface area (Å²) in [6.07, 6.45) is 8.10. The molecule has 1 aliphatic carbocycles. The number of carbonyl (C=O) groups excluding carboxylic acids is 1. The molecule has 2 heterocycles. The van der Waals surface area contributed by atoms with Crippen molar-refractivity contribution in [2.75, 3.05) is 0 Å². The van der Waals surface area contributed by atoms with Crippen molar-refractivity contribution in [3.8, 4) is 5.69 Å². The Morgan fingerprint density at radius 2 is 1.97 bits per heavy atom. The standard InChI is InChI=1S/C24H22ClN5O/c25-19-8-4-9-20(12-19)29-16-18(13-26-29)24(31)28-22-10-5-11-23-21(22)14-27-30(23)15-17-6-2-1-3-7-17/h1-4,6-9,12-14,16,22H,5,10-11,15H2,(H,28,31). The summed E-state index contributed by atoms with van der Waals surface area (Å²) >= 11 is 6.07. The third kappa shape index (κ3) is 4.11. The average Bonchev–Trinajstić information content (AvgIpc) is 3.43. The van der Waals surface area contributed by atoms with Gasteiger partial charge in [-0.3, -0.25) is 9.48 Å². The van der Waals surface area contributed by atoms with Crippen molar-refractivity contribution in [1.82, 2.24) is 24.9 Å². The van der Waals surface area contributed by atoms with Crippen LogP contribution < -0.4 is 5.32 Å². The van der Waals surface area contributed by atoms with Gasteiger partial charge in [0.2, 0.25) is 0 Å². The van der Waals surface area contributed by atoms with Crippen LogP contribution >= 0.6 is 11.6 Å². The van der Waals surface area contributed by atoms with Gasteiger partial charge in [0.1, 0.15) is 0 Å². The molecular weight excluding hydrogens is 410 g/mol. The van der Waals surface area contributed by atoms with Crippen LogP contribution in [0.5, 0.6) is 0 Å². The van der Waals surface area contributed by atoms with E-state index >= 15 is 0 Å². The van der Waals surface area contributed by atoms with Crippen molar-refractivity contribution in [2.24, 2.45) is 0 Å². The molecule has 4 aromatic rings. The maximum Gasteiger partial charge on any atom is 0.254 e. The number of nitrogens with zero attached hydrogens (tertiary/aromatic N) is 4. The first-order chi connectivity index (χ1) is 15.2. The molecule has 0 saturated carbocycles. The fourth-order valence-corrected chi connectivity index (χ4v) is 4.29. The second kappa shape index (κ2) is 8.40. The largest absolute Gasteiger partial charge is 0.345 e. The van der Waals surface area contributed by atoms with Gasteiger partial charge in [-0.25, -0.2) is 4.68 Å². The van der Waals surface area contributed by atoms with E-state index in [0.29, 0.717) is 10.6 Å². The number of rotatable bonds is 5. The van der Waals surface area contributed by atoms with E-state index in [1.807, 2.05) is 42.6 Å². The first-order valence-electron chi connectivity index (χ1n) is 10.4. The lowest BCUT2D eigenvalue weighted by atomic mass is 9.92. The van der Waals surface area contributed by atoms with Gasteiger partial charge in [0.25, 0.3) is 5.91 Å². The molecule has 0 fully saturated rings. The molecule has 1 atom stereocenters. The number of halogens is 1. The van der Waals surface area contributed by atoms with Crippen LogP contribution in [-0.4, -0.2) is 25.5 Å². The van der Waals surface area contributed by atoms with Crippen molar-refractivity contribution in [3.05, 3.63) is 101 Å². The average molecular weight is 432 g/mol. The molecule has 0 spiro atoms. The summed E-state index contributed by atoms with van der Waals surface area (Å²) in [5.41, 5.74) is 4.86. The molecule has 0 radical (unpaired) electrons. The van der Waals surface area contributed by atoms with Crippen LogP contribution in [0.25, 0.3) is 5.69 Å².